The summed E-state index contributed by atoms with van der Waals surface area (Å²) >= 11 is 0. The van der Waals surface area contributed by atoms with Gasteiger partial charge in [0.2, 0.25) is 11.8 Å². The van der Waals surface area contributed by atoms with Crippen LogP contribution in [0.25, 0.3) is 0 Å². The van der Waals surface area contributed by atoms with Crippen LogP contribution in [-0.2, 0) is 22.6 Å². The van der Waals surface area contributed by atoms with Crippen LogP contribution in [0.2, 0.25) is 0 Å². The van der Waals surface area contributed by atoms with Crippen LogP contribution in [-0.4, -0.2) is 55.0 Å². The molecule has 1 aromatic carbocycles. The molecule has 2 fully saturated rings. The zero-order chi connectivity index (χ0) is 22.7. The molecule has 0 saturated heterocycles. The lowest BCUT2D eigenvalue weighted by Crippen LogP contribution is -2.44. The van der Waals surface area contributed by atoms with Gasteiger partial charge in [0.15, 0.2) is 11.5 Å². The van der Waals surface area contributed by atoms with E-state index in [2.05, 4.69) is 0 Å². The summed E-state index contributed by atoms with van der Waals surface area (Å²) in [7, 11) is 3.22. The second-order valence-corrected chi connectivity index (χ2v) is 8.74. The molecular formula is C25H32N2O5. The summed E-state index contributed by atoms with van der Waals surface area (Å²) in [6, 6.07) is 9.82. The summed E-state index contributed by atoms with van der Waals surface area (Å²) in [6.45, 7) is 2.94. The number of carbonyl (C=O) groups excluding carboxylic acids is 2. The number of hydrogen-bond acceptors (Lipinski definition) is 5. The Kier molecular flexibility index (Phi) is 6.72. The predicted molar refractivity (Wildman–Crippen MR) is 120 cm³/mol. The lowest BCUT2D eigenvalue weighted by Gasteiger charge is -2.27. The fourth-order valence-electron chi connectivity index (χ4n) is 3.93. The second kappa shape index (κ2) is 9.67. The summed E-state index contributed by atoms with van der Waals surface area (Å²) in [5.41, 5.74) is 1.05. The highest BCUT2D eigenvalue weighted by Gasteiger charge is 2.41. The first-order valence-electron chi connectivity index (χ1n) is 11.3. The monoisotopic (exact) mass is 440 g/mol. The van der Waals surface area contributed by atoms with E-state index in [0.717, 1.165) is 42.8 Å². The molecule has 7 nitrogen and oxygen atoms in total. The fourth-order valence-corrected chi connectivity index (χ4v) is 3.93. The van der Waals surface area contributed by atoms with Crippen molar-refractivity contribution in [3.63, 3.8) is 0 Å². The zero-order valence-corrected chi connectivity index (χ0v) is 19.1. The minimum atomic E-state index is -0.0413. The van der Waals surface area contributed by atoms with Gasteiger partial charge in [-0.1, -0.05) is 6.07 Å². The number of nitrogens with zero attached hydrogens (tertiary/aromatic N) is 2. The Labute approximate surface area is 189 Å². The summed E-state index contributed by atoms with van der Waals surface area (Å²) < 4.78 is 16.5. The van der Waals surface area contributed by atoms with E-state index in [1.165, 1.54) is 0 Å². The van der Waals surface area contributed by atoms with Crippen molar-refractivity contribution in [2.45, 2.75) is 51.6 Å². The van der Waals surface area contributed by atoms with Crippen LogP contribution in [0.1, 0.15) is 42.8 Å². The molecule has 2 aliphatic carbocycles. The van der Waals surface area contributed by atoms with Crippen molar-refractivity contribution < 1.29 is 23.5 Å². The number of furan rings is 1. The van der Waals surface area contributed by atoms with Gasteiger partial charge in [0.1, 0.15) is 18.1 Å². The van der Waals surface area contributed by atoms with Gasteiger partial charge in [0, 0.05) is 18.5 Å². The number of methoxy groups -OCH3 is 2. The molecule has 7 heteroatoms. The molecule has 2 amide bonds. The third-order valence-corrected chi connectivity index (χ3v) is 6.12. The summed E-state index contributed by atoms with van der Waals surface area (Å²) in [5.74, 6) is 3.13. The smallest absolute Gasteiger partial charge is 0.242 e. The van der Waals surface area contributed by atoms with E-state index in [9.17, 15) is 9.59 Å². The number of ether oxygens (including phenoxy) is 2. The van der Waals surface area contributed by atoms with Gasteiger partial charge in [-0.05, 0) is 68.9 Å². The van der Waals surface area contributed by atoms with Gasteiger partial charge in [-0.15, -0.1) is 0 Å². The van der Waals surface area contributed by atoms with Crippen molar-refractivity contribution in [1.29, 1.82) is 0 Å². The maximum atomic E-state index is 13.3. The highest BCUT2D eigenvalue weighted by Crippen LogP contribution is 2.36. The van der Waals surface area contributed by atoms with E-state index in [1.807, 2.05) is 42.2 Å². The van der Waals surface area contributed by atoms with Gasteiger partial charge in [-0.25, -0.2) is 0 Å². The van der Waals surface area contributed by atoms with E-state index in [4.69, 9.17) is 13.9 Å². The van der Waals surface area contributed by atoms with Crippen molar-refractivity contribution in [3.05, 3.63) is 47.4 Å². The van der Waals surface area contributed by atoms with Crippen molar-refractivity contribution in [2.75, 3.05) is 27.3 Å². The summed E-state index contributed by atoms with van der Waals surface area (Å²) in [6.07, 6.45) is 4.55. The van der Waals surface area contributed by atoms with Crippen LogP contribution in [0.3, 0.4) is 0 Å². The molecular weight excluding hydrogens is 408 g/mol. The molecule has 0 aliphatic heterocycles. The molecule has 2 aliphatic rings. The van der Waals surface area contributed by atoms with Gasteiger partial charge in [-0.3, -0.25) is 9.59 Å². The maximum Gasteiger partial charge on any atom is 0.242 e. The average Bonchev–Trinajstić information content (AvgIpc) is 3.72. The van der Waals surface area contributed by atoms with E-state index in [0.29, 0.717) is 31.0 Å². The molecule has 32 heavy (non-hydrogen) atoms. The first-order valence-corrected chi connectivity index (χ1v) is 11.3. The van der Waals surface area contributed by atoms with Crippen molar-refractivity contribution in [3.8, 4) is 11.5 Å². The molecule has 2 saturated carbocycles. The Morgan fingerprint density at radius 3 is 2.38 bits per heavy atom. The molecule has 1 heterocycles. The standard InChI is InChI=1S/C25H32N2O5/c1-17-4-10-21(32-17)15-26(13-12-18-5-11-22(30-2)23(14-18)31-3)24(28)16-27(20-8-9-20)25(29)19-6-7-19/h4-5,10-11,14,19-20H,6-9,12-13,15-16H2,1-3H3. The number of hydrogen-bond donors (Lipinski definition) is 0. The molecule has 172 valence electrons. The Balaban J connectivity index is 1.46. The van der Waals surface area contributed by atoms with Gasteiger partial charge < -0.3 is 23.7 Å². The van der Waals surface area contributed by atoms with Crippen molar-refractivity contribution in [2.24, 2.45) is 5.92 Å². The van der Waals surface area contributed by atoms with Crippen LogP contribution in [0.4, 0.5) is 0 Å². The molecule has 0 spiro atoms. The Hall–Kier alpha value is -2.96. The van der Waals surface area contributed by atoms with E-state index in [-0.39, 0.29) is 30.3 Å². The van der Waals surface area contributed by atoms with Crippen LogP contribution < -0.4 is 9.47 Å². The highest BCUT2D eigenvalue weighted by molar-refractivity contribution is 5.87. The summed E-state index contributed by atoms with van der Waals surface area (Å²) in [5, 5.41) is 0. The first-order chi connectivity index (χ1) is 15.5. The minimum absolute atomic E-state index is 0.0413. The van der Waals surface area contributed by atoms with Crippen LogP contribution in [0.15, 0.2) is 34.7 Å². The number of benzene rings is 1. The van der Waals surface area contributed by atoms with Gasteiger partial charge in [-0.2, -0.15) is 0 Å². The largest absolute Gasteiger partial charge is 0.493 e. The highest BCUT2D eigenvalue weighted by atomic mass is 16.5. The maximum absolute atomic E-state index is 13.3. The van der Waals surface area contributed by atoms with Crippen LogP contribution in [0, 0.1) is 12.8 Å². The number of carbonyl (C=O) groups is 2. The molecule has 0 bridgehead atoms. The van der Waals surface area contributed by atoms with Gasteiger partial charge in [0.05, 0.1) is 20.8 Å². The van der Waals surface area contributed by atoms with Crippen LogP contribution in [0.5, 0.6) is 11.5 Å². The molecule has 2 aromatic rings. The topological polar surface area (TPSA) is 72.2 Å². The molecule has 1 aromatic heterocycles. The number of rotatable bonds is 11. The number of aryl methyl sites for hydroxylation is 1. The quantitative estimate of drug-likeness (QED) is 0.534. The van der Waals surface area contributed by atoms with E-state index < -0.39 is 0 Å². The molecule has 4 rings (SSSR count). The third-order valence-electron chi connectivity index (χ3n) is 6.12. The van der Waals surface area contributed by atoms with E-state index in [1.54, 1.807) is 19.1 Å². The molecule has 0 radical (unpaired) electrons. The third kappa shape index (κ3) is 5.44. The van der Waals surface area contributed by atoms with Crippen molar-refractivity contribution >= 4 is 11.8 Å². The molecule has 0 unspecified atom stereocenters. The lowest BCUT2D eigenvalue weighted by molar-refractivity contribution is -0.142. The summed E-state index contributed by atoms with van der Waals surface area (Å²) in [4.78, 5) is 29.7. The van der Waals surface area contributed by atoms with Crippen LogP contribution >= 0.6 is 0 Å². The Bertz CT molecular complexity index is 961. The average molecular weight is 441 g/mol. The van der Waals surface area contributed by atoms with Crippen molar-refractivity contribution in [1.82, 2.24) is 9.80 Å². The predicted octanol–water partition coefficient (Wildman–Crippen LogP) is 3.58. The second-order valence-electron chi connectivity index (χ2n) is 8.74. The molecule has 0 atom stereocenters. The zero-order valence-electron chi connectivity index (χ0n) is 19.1. The lowest BCUT2D eigenvalue weighted by atomic mass is 10.1. The Morgan fingerprint density at radius 2 is 1.78 bits per heavy atom. The van der Waals surface area contributed by atoms with Gasteiger partial charge in [0.25, 0.3) is 0 Å². The molecule has 0 N–H and O–H groups in total. The van der Waals surface area contributed by atoms with E-state index >= 15 is 0 Å². The van der Waals surface area contributed by atoms with Gasteiger partial charge >= 0.3 is 0 Å². The number of amides is 2. The minimum Gasteiger partial charge on any atom is -0.493 e. The first kappa shape index (κ1) is 22.2. The normalized spacial score (nSPS) is 15.3. The Morgan fingerprint density at radius 1 is 1.03 bits per heavy atom. The SMILES string of the molecule is COc1ccc(CCN(Cc2ccc(C)o2)C(=O)CN(C(=O)C2CC2)C2CC2)cc1OC. The fraction of sp³-hybridized carbons (Fsp3) is 0.520.